The van der Waals surface area contributed by atoms with E-state index in [9.17, 15) is 0 Å². The maximum atomic E-state index is 3.94. The van der Waals surface area contributed by atoms with E-state index in [1.54, 1.807) is 0 Å². The van der Waals surface area contributed by atoms with Gasteiger partial charge in [0.25, 0.3) is 0 Å². The standard InChI is InChI=1S/C62H49N/c1-6-41-23-25-42(26-24-41)44-14-13-15-45(37-44)43-27-29-46(30-28-43)63(48-34-35-61(5)56-21-12-11-20-55(56)60(3,4)59(61)39-48)47-31-33-52-50-17-8-10-19-54(50)62(58(52)38-47)53-18-9-7-16-49(53)51-32-22-40(2)36-57(51)62/h6-34,36-39H,1,35H2,2-5H3. The maximum Gasteiger partial charge on any atom is 0.0726 e. The molecule has 2 unspecified atom stereocenters. The van der Waals surface area contributed by atoms with Gasteiger partial charge in [0.1, 0.15) is 0 Å². The highest BCUT2D eigenvalue weighted by molar-refractivity contribution is 5.96. The predicted octanol–water partition coefficient (Wildman–Crippen LogP) is 15.9. The van der Waals surface area contributed by atoms with Gasteiger partial charge in [0.05, 0.1) is 5.41 Å². The summed E-state index contributed by atoms with van der Waals surface area (Å²) in [6, 6.07) is 68.5. The highest BCUT2D eigenvalue weighted by Gasteiger charge is 2.53. The molecule has 4 aliphatic carbocycles. The third kappa shape index (κ3) is 5.29. The molecule has 0 N–H and O–H groups in total. The van der Waals surface area contributed by atoms with Gasteiger partial charge < -0.3 is 4.90 Å². The Balaban J connectivity index is 1.04. The molecule has 1 heteroatoms. The number of nitrogens with zero attached hydrogens (tertiary/aromatic N) is 1. The molecule has 0 fully saturated rings. The second kappa shape index (κ2) is 13.6. The predicted molar refractivity (Wildman–Crippen MR) is 265 cm³/mol. The second-order valence-corrected chi connectivity index (χ2v) is 18.8. The van der Waals surface area contributed by atoms with E-state index >= 15 is 0 Å². The fourth-order valence-electron chi connectivity index (χ4n) is 12.0. The lowest BCUT2D eigenvalue weighted by atomic mass is 9.69. The Bertz CT molecular complexity index is 3250. The summed E-state index contributed by atoms with van der Waals surface area (Å²) in [4.78, 5) is 2.53. The average molecular weight is 808 g/mol. The minimum absolute atomic E-state index is 0.0606. The lowest BCUT2D eigenvalue weighted by Crippen LogP contribution is -2.31. The maximum absolute atomic E-state index is 3.94. The Morgan fingerprint density at radius 2 is 1.02 bits per heavy atom. The molecule has 1 spiro atoms. The van der Waals surface area contributed by atoms with Crippen LogP contribution in [0.5, 0.6) is 0 Å². The summed E-state index contributed by atoms with van der Waals surface area (Å²) in [7, 11) is 0. The van der Waals surface area contributed by atoms with Crippen molar-refractivity contribution in [3.05, 3.63) is 256 Å². The molecule has 0 bridgehead atoms. The van der Waals surface area contributed by atoms with Crippen LogP contribution < -0.4 is 4.90 Å². The zero-order valence-electron chi connectivity index (χ0n) is 36.4. The normalized spacial score (nSPS) is 19.2. The van der Waals surface area contributed by atoms with Crippen molar-refractivity contribution in [2.45, 2.75) is 50.4 Å². The van der Waals surface area contributed by atoms with Crippen LogP contribution >= 0.6 is 0 Å². The quantitative estimate of drug-likeness (QED) is 0.162. The largest absolute Gasteiger partial charge is 0.311 e. The topological polar surface area (TPSA) is 3.24 Å². The van der Waals surface area contributed by atoms with Crippen LogP contribution in [0.15, 0.2) is 212 Å². The molecule has 0 heterocycles. The molecule has 2 atom stereocenters. The Labute approximate surface area is 372 Å². The number of rotatable bonds is 6. The monoisotopic (exact) mass is 807 g/mol. The van der Waals surface area contributed by atoms with Gasteiger partial charge in [-0.3, -0.25) is 0 Å². The van der Waals surface area contributed by atoms with Crippen molar-refractivity contribution in [1.82, 2.24) is 0 Å². The van der Waals surface area contributed by atoms with Gasteiger partial charge in [0.15, 0.2) is 0 Å². The Morgan fingerprint density at radius 3 is 1.67 bits per heavy atom. The Morgan fingerprint density at radius 1 is 0.476 bits per heavy atom. The third-order valence-corrected chi connectivity index (χ3v) is 15.0. The highest BCUT2D eigenvalue weighted by Crippen LogP contribution is 2.64. The second-order valence-electron chi connectivity index (χ2n) is 18.8. The van der Waals surface area contributed by atoms with Gasteiger partial charge in [-0.2, -0.15) is 0 Å². The Kier molecular flexibility index (Phi) is 8.13. The number of hydrogen-bond acceptors (Lipinski definition) is 1. The molecule has 0 aromatic heterocycles. The Hall–Kier alpha value is -7.22. The van der Waals surface area contributed by atoms with Crippen molar-refractivity contribution in [2.75, 3.05) is 4.90 Å². The highest BCUT2D eigenvalue weighted by atomic mass is 15.1. The van der Waals surface area contributed by atoms with E-state index in [1.165, 1.54) is 94.7 Å². The van der Waals surface area contributed by atoms with Gasteiger partial charge in [0.2, 0.25) is 0 Å². The molecule has 1 nitrogen and oxygen atoms in total. The number of hydrogen-bond donors (Lipinski definition) is 0. The van der Waals surface area contributed by atoms with Crippen LogP contribution in [-0.4, -0.2) is 0 Å². The first kappa shape index (κ1) is 37.5. The first-order valence-corrected chi connectivity index (χ1v) is 22.4. The van der Waals surface area contributed by atoms with Crippen LogP contribution in [0.25, 0.3) is 50.6 Å². The van der Waals surface area contributed by atoms with Crippen molar-refractivity contribution in [3.8, 4) is 44.5 Å². The van der Waals surface area contributed by atoms with Crippen LogP contribution in [-0.2, 0) is 16.2 Å². The molecule has 4 aliphatic rings. The van der Waals surface area contributed by atoms with Crippen molar-refractivity contribution in [1.29, 1.82) is 0 Å². The minimum Gasteiger partial charge on any atom is -0.311 e. The van der Waals surface area contributed by atoms with E-state index in [4.69, 9.17) is 0 Å². The zero-order valence-corrected chi connectivity index (χ0v) is 36.4. The molecule has 0 saturated heterocycles. The van der Waals surface area contributed by atoms with E-state index in [2.05, 4.69) is 233 Å². The molecule has 302 valence electrons. The molecule has 8 aromatic carbocycles. The average Bonchev–Trinajstić information content (AvgIpc) is 3.85. The number of benzene rings is 8. The summed E-state index contributed by atoms with van der Waals surface area (Å²) in [6.07, 6.45) is 7.85. The molecule has 0 amide bonds. The molecule has 8 aromatic rings. The smallest absolute Gasteiger partial charge is 0.0726 e. The van der Waals surface area contributed by atoms with Crippen LogP contribution in [0.3, 0.4) is 0 Å². The van der Waals surface area contributed by atoms with E-state index < -0.39 is 5.41 Å². The van der Waals surface area contributed by atoms with Crippen molar-refractivity contribution < 1.29 is 0 Å². The number of allylic oxidation sites excluding steroid dienone is 3. The first-order chi connectivity index (χ1) is 30.7. The summed E-state index contributed by atoms with van der Waals surface area (Å²) < 4.78 is 0. The van der Waals surface area contributed by atoms with E-state index in [1.807, 2.05) is 6.08 Å². The summed E-state index contributed by atoms with van der Waals surface area (Å²) >= 11 is 0. The molecule has 12 rings (SSSR count). The summed E-state index contributed by atoms with van der Waals surface area (Å²) in [5.41, 5.74) is 25.2. The third-order valence-electron chi connectivity index (χ3n) is 15.0. The molecule has 63 heavy (non-hydrogen) atoms. The molecular formula is C62H49N. The van der Waals surface area contributed by atoms with Gasteiger partial charge >= 0.3 is 0 Å². The summed E-state index contributed by atoms with van der Waals surface area (Å²) in [6.45, 7) is 13.5. The van der Waals surface area contributed by atoms with Gasteiger partial charge in [0, 0.05) is 27.9 Å². The van der Waals surface area contributed by atoms with Crippen LogP contribution in [0.4, 0.5) is 11.4 Å². The molecule has 0 aliphatic heterocycles. The fourth-order valence-corrected chi connectivity index (χ4v) is 12.0. The van der Waals surface area contributed by atoms with Crippen molar-refractivity contribution in [3.63, 3.8) is 0 Å². The first-order valence-electron chi connectivity index (χ1n) is 22.4. The van der Waals surface area contributed by atoms with Crippen LogP contribution in [0, 0.1) is 6.92 Å². The van der Waals surface area contributed by atoms with Crippen LogP contribution in [0.1, 0.15) is 71.7 Å². The minimum atomic E-state index is -0.431. The zero-order chi connectivity index (χ0) is 42.7. The molecule has 0 radical (unpaired) electrons. The van der Waals surface area contributed by atoms with Gasteiger partial charge in [-0.1, -0.05) is 197 Å². The van der Waals surface area contributed by atoms with Gasteiger partial charge in [-0.05, 0) is 139 Å². The van der Waals surface area contributed by atoms with Gasteiger partial charge in [-0.15, -0.1) is 0 Å². The fraction of sp³-hybridized carbons (Fsp3) is 0.129. The van der Waals surface area contributed by atoms with Crippen molar-refractivity contribution in [2.24, 2.45) is 0 Å². The lowest BCUT2D eigenvalue weighted by molar-refractivity contribution is 0.508. The molecule has 0 saturated carbocycles. The number of aryl methyl sites for hydroxylation is 1. The summed E-state index contributed by atoms with van der Waals surface area (Å²) in [5.74, 6) is 0. The van der Waals surface area contributed by atoms with Gasteiger partial charge in [-0.25, -0.2) is 0 Å². The van der Waals surface area contributed by atoms with E-state index in [0.29, 0.717) is 0 Å². The van der Waals surface area contributed by atoms with Crippen LogP contribution in [0.2, 0.25) is 0 Å². The van der Waals surface area contributed by atoms with E-state index in [-0.39, 0.29) is 10.8 Å². The number of fused-ring (bicyclic) bond motifs is 13. The SMILES string of the molecule is C=Cc1ccc(-c2cccc(-c3ccc(N(C4=CCC5(C)C(=C4)C(C)(C)c4ccccc45)c4ccc5c(c4)C4(c6ccccc6-c6ccc(C)cc64)c4ccccc4-5)cc3)c2)cc1. The summed E-state index contributed by atoms with van der Waals surface area (Å²) in [5, 5.41) is 0. The lowest BCUT2D eigenvalue weighted by Gasteiger charge is -2.38. The van der Waals surface area contributed by atoms with E-state index in [0.717, 1.165) is 23.4 Å². The molecular weight excluding hydrogens is 759 g/mol. The number of anilines is 2. The van der Waals surface area contributed by atoms with Crippen molar-refractivity contribution >= 4 is 17.5 Å².